The van der Waals surface area contributed by atoms with Gasteiger partial charge in [-0.2, -0.15) is 0 Å². The zero-order valence-electron chi connectivity index (χ0n) is 19.5. The van der Waals surface area contributed by atoms with E-state index in [4.69, 9.17) is 11.1 Å². The molecule has 5 N–H and O–H groups in total. The number of anilines is 2. The topological polar surface area (TPSA) is 94.2 Å². The maximum absolute atomic E-state index is 13.3. The third-order valence-corrected chi connectivity index (χ3v) is 6.27. The highest BCUT2D eigenvalue weighted by Crippen LogP contribution is 2.23. The summed E-state index contributed by atoms with van der Waals surface area (Å²) in [6.07, 6.45) is 4.99. The van der Waals surface area contributed by atoms with Crippen molar-refractivity contribution in [3.05, 3.63) is 95.6 Å². The first-order chi connectivity index (χ1) is 16.6. The Morgan fingerprint density at radius 2 is 1.65 bits per heavy atom. The molecule has 6 heteroatoms. The number of carbonyl (C=O) groups excluding carboxylic acids is 1. The Balaban J connectivity index is 1.43. The van der Waals surface area contributed by atoms with Crippen molar-refractivity contribution in [2.75, 3.05) is 30.3 Å². The number of hydrogen-bond acceptors (Lipinski definition) is 4. The first-order valence-electron chi connectivity index (χ1n) is 12.0. The average molecular weight is 456 g/mol. The minimum absolute atomic E-state index is 0.00950. The Morgan fingerprint density at radius 1 is 0.912 bits per heavy atom. The van der Waals surface area contributed by atoms with E-state index in [-0.39, 0.29) is 11.7 Å². The number of piperidine rings is 1. The van der Waals surface area contributed by atoms with E-state index in [9.17, 15) is 4.79 Å². The summed E-state index contributed by atoms with van der Waals surface area (Å²) in [6.45, 7) is 3.50. The largest absolute Gasteiger partial charge is 0.384 e. The summed E-state index contributed by atoms with van der Waals surface area (Å²) in [5.41, 5.74) is 9.87. The third-order valence-electron chi connectivity index (χ3n) is 6.27. The van der Waals surface area contributed by atoms with E-state index in [0.717, 1.165) is 29.9 Å². The van der Waals surface area contributed by atoms with Crippen molar-refractivity contribution >= 4 is 23.1 Å². The van der Waals surface area contributed by atoms with Gasteiger partial charge < -0.3 is 21.3 Å². The molecule has 1 atom stereocenters. The second-order valence-corrected chi connectivity index (χ2v) is 8.82. The summed E-state index contributed by atoms with van der Waals surface area (Å²) >= 11 is 0. The third kappa shape index (κ3) is 6.45. The van der Waals surface area contributed by atoms with Crippen LogP contribution < -0.4 is 16.4 Å². The lowest BCUT2D eigenvalue weighted by Gasteiger charge is -2.26. The van der Waals surface area contributed by atoms with Gasteiger partial charge in [-0.25, -0.2) is 0 Å². The van der Waals surface area contributed by atoms with Gasteiger partial charge in [-0.05, 0) is 67.7 Å². The molecule has 0 saturated carbocycles. The second-order valence-electron chi connectivity index (χ2n) is 8.82. The summed E-state index contributed by atoms with van der Waals surface area (Å²) in [5.74, 6) is -0.162. The molecule has 1 heterocycles. The van der Waals surface area contributed by atoms with Gasteiger partial charge in [0.1, 0.15) is 11.9 Å². The van der Waals surface area contributed by atoms with E-state index < -0.39 is 6.04 Å². The number of amidine groups is 1. The van der Waals surface area contributed by atoms with Crippen LogP contribution in [0.3, 0.4) is 0 Å². The van der Waals surface area contributed by atoms with E-state index in [1.807, 2.05) is 54.6 Å². The number of amides is 1. The zero-order valence-corrected chi connectivity index (χ0v) is 19.5. The van der Waals surface area contributed by atoms with Crippen LogP contribution in [0, 0.1) is 5.41 Å². The zero-order chi connectivity index (χ0) is 23.8. The monoisotopic (exact) mass is 455 g/mol. The highest BCUT2D eigenvalue weighted by molar-refractivity contribution is 5.98. The first kappa shape index (κ1) is 23.5. The second kappa shape index (κ2) is 11.5. The SMILES string of the molecule is N=C(N)c1cccc(NC(C(=O)Nc2ccc(CCN3CCCCC3)cc2)c2ccccc2)c1. The van der Waals surface area contributed by atoms with Crippen molar-refractivity contribution in [3.8, 4) is 0 Å². The van der Waals surface area contributed by atoms with Gasteiger partial charge in [-0.1, -0.05) is 61.0 Å². The minimum Gasteiger partial charge on any atom is -0.384 e. The molecule has 3 aromatic carbocycles. The van der Waals surface area contributed by atoms with Gasteiger partial charge in [0.05, 0.1) is 0 Å². The number of nitrogens with zero attached hydrogens (tertiary/aromatic N) is 1. The van der Waals surface area contributed by atoms with Crippen molar-refractivity contribution in [1.82, 2.24) is 4.90 Å². The number of carbonyl (C=O) groups is 1. The fourth-order valence-electron chi connectivity index (χ4n) is 4.33. The van der Waals surface area contributed by atoms with Gasteiger partial charge in [-0.15, -0.1) is 0 Å². The molecule has 34 heavy (non-hydrogen) atoms. The van der Waals surface area contributed by atoms with Gasteiger partial charge >= 0.3 is 0 Å². The van der Waals surface area contributed by atoms with E-state index in [0.29, 0.717) is 5.56 Å². The highest BCUT2D eigenvalue weighted by Gasteiger charge is 2.21. The number of nitrogen functional groups attached to an aromatic ring is 1. The lowest BCUT2D eigenvalue weighted by Crippen LogP contribution is -2.31. The highest BCUT2D eigenvalue weighted by atomic mass is 16.2. The van der Waals surface area contributed by atoms with Gasteiger partial charge in [0.15, 0.2) is 0 Å². The molecule has 176 valence electrons. The number of likely N-dealkylation sites (tertiary alicyclic amines) is 1. The molecule has 4 rings (SSSR count). The molecule has 1 aliphatic heterocycles. The van der Waals surface area contributed by atoms with Crippen LogP contribution in [-0.4, -0.2) is 36.3 Å². The van der Waals surface area contributed by atoms with Crippen molar-refractivity contribution in [2.24, 2.45) is 5.73 Å². The van der Waals surface area contributed by atoms with Crippen molar-refractivity contribution in [3.63, 3.8) is 0 Å². The molecule has 1 saturated heterocycles. The van der Waals surface area contributed by atoms with Crippen LogP contribution in [-0.2, 0) is 11.2 Å². The summed E-state index contributed by atoms with van der Waals surface area (Å²) in [5, 5.41) is 14.0. The quantitative estimate of drug-likeness (QED) is 0.276. The number of nitrogens with two attached hydrogens (primary N) is 1. The molecule has 3 aromatic rings. The molecule has 0 aliphatic carbocycles. The number of rotatable bonds is 9. The number of hydrogen-bond donors (Lipinski definition) is 4. The predicted octanol–water partition coefficient (Wildman–Crippen LogP) is 4.79. The Hall–Kier alpha value is -3.64. The first-order valence-corrected chi connectivity index (χ1v) is 12.0. The summed E-state index contributed by atoms with van der Waals surface area (Å²) < 4.78 is 0. The molecule has 6 nitrogen and oxygen atoms in total. The van der Waals surface area contributed by atoms with Crippen LogP contribution in [0.4, 0.5) is 11.4 Å². The molecular formula is C28H33N5O. The lowest BCUT2D eigenvalue weighted by molar-refractivity contribution is -0.117. The van der Waals surface area contributed by atoms with E-state index in [2.05, 4.69) is 27.7 Å². The van der Waals surface area contributed by atoms with Crippen LogP contribution in [0.5, 0.6) is 0 Å². The number of nitrogens with one attached hydrogen (secondary N) is 3. The van der Waals surface area contributed by atoms with Gasteiger partial charge in [-0.3, -0.25) is 10.2 Å². The molecule has 1 aliphatic rings. The predicted molar refractivity (Wildman–Crippen MR) is 139 cm³/mol. The number of benzene rings is 3. The Labute approximate surface area is 201 Å². The molecule has 1 fully saturated rings. The van der Waals surface area contributed by atoms with Crippen molar-refractivity contribution in [2.45, 2.75) is 31.7 Å². The molecule has 0 bridgehead atoms. The molecule has 0 aromatic heterocycles. The van der Waals surface area contributed by atoms with Crippen LogP contribution in [0.1, 0.15) is 42.0 Å². The van der Waals surface area contributed by atoms with Gasteiger partial charge in [0.2, 0.25) is 0 Å². The standard InChI is InChI=1S/C28H33N5O/c29-27(30)23-10-7-11-25(20-23)31-26(22-8-3-1-4-9-22)28(34)32-24-14-12-21(13-15-24)16-19-33-17-5-2-6-18-33/h1,3-4,7-15,20,26,31H,2,5-6,16-19H2,(H3,29,30)(H,32,34). The van der Waals surface area contributed by atoms with E-state index in [1.54, 1.807) is 12.1 Å². The van der Waals surface area contributed by atoms with E-state index in [1.165, 1.54) is 37.9 Å². The van der Waals surface area contributed by atoms with Gasteiger partial charge in [0.25, 0.3) is 5.91 Å². The van der Waals surface area contributed by atoms with Crippen LogP contribution in [0.25, 0.3) is 0 Å². The Bertz CT molecular complexity index is 1090. The summed E-state index contributed by atoms with van der Waals surface area (Å²) in [6, 6.07) is 24.4. The van der Waals surface area contributed by atoms with Crippen LogP contribution in [0.2, 0.25) is 0 Å². The van der Waals surface area contributed by atoms with E-state index >= 15 is 0 Å². The van der Waals surface area contributed by atoms with Gasteiger partial charge in [0, 0.05) is 23.5 Å². The molecule has 0 spiro atoms. The molecule has 1 unspecified atom stereocenters. The smallest absolute Gasteiger partial charge is 0.251 e. The Morgan fingerprint density at radius 3 is 2.35 bits per heavy atom. The average Bonchev–Trinajstić information content (AvgIpc) is 2.88. The fraction of sp³-hybridized carbons (Fsp3) is 0.286. The fourth-order valence-corrected chi connectivity index (χ4v) is 4.33. The lowest BCUT2D eigenvalue weighted by atomic mass is 10.0. The van der Waals surface area contributed by atoms with Crippen LogP contribution in [0.15, 0.2) is 78.9 Å². The molecular weight excluding hydrogens is 422 g/mol. The van der Waals surface area contributed by atoms with Crippen molar-refractivity contribution in [1.29, 1.82) is 5.41 Å². The summed E-state index contributed by atoms with van der Waals surface area (Å²) in [7, 11) is 0. The summed E-state index contributed by atoms with van der Waals surface area (Å²) in [4.78, 5) is 15.8. The maximum Gasteiger partial charge on any atom is 0.251 e. The van der Waals surface area contributed by atoms with Crippen molar-refractivity contribution < 1.29 is 4.79 Å². The normalized spacial score (nSPS) is 14.8. The minimum atomic E-state index is -0.595. The van der Waals surface area contributed by atoms with Crippen LogP contribution >= 0.6 is 0 Å². The maximum atomic E-state index is 13.3. The Kier molecular flexibility index (Phi) is 7.94. The molecule has 0 radical (unpaired) electrons. The molecule has 1 amide bonds.